The molecule has 0 aliphatic heterocycles. The fourth-order valence-corrected chi connectivity index (χ4v) is 1.40. The van der Waals surface area contributed by atoms with Crippen molar-refractivity contribution in [2.24, 2.45) is 10.4 Å². The zero-order valence-electron chi connectivity index (χ0n) is 10.0. The maximum atomic E-state index is 4.11. The van der Waals surface area contributed by atoms with E-state index in [4.69, 9.17) is 0 Å². The van der Waals surface area contributed by atoms with Gasteiger partial charge in [0.25, 0.3) is 0 Å². The van der Waals surface area contributed by atoms with Gasteiger partial charge < -0.3 is 0 Å². The van der Waals surface area contributed by atoms with Crippen LogP contribution in [0.5, 0.6) is 0 Å². The van der Waals surface area contributed by atoms with Crippen molar-refractivity contribution in [1.29, 1.82) is 0 Å². The summed E-state index contributed by atoms with van der Waals surface area (Å²) in [6.07, 6.45) is 2.11. The highest BCUT2D eigenvalue weighted by atomic mass is 14.7. The minimum atomic E-state index is 0.0457. The molecule has 0 aliphatic rings. The standard InChI is InChI=1S/C14H19N/c1-11-8-6-7-9-12(11)10-13(15-5)14(2,3)4/h6-10H,5H2,1-4H3/b13-10-. The van der Waals surface area contributed by atoms with Gasteiger partial charge in [0.15, 0.2) is 0 Å². The minimum absolute atomic E-state index is 0.0457. The molecule has 0 bridgehead atoms. The highest BCUT2D eigenvalue weighted by Crippen LogP contribution is 2.28. The van der Waals surface area contributed by atoms with Crippen LogP contribution in [0.1, 0.15) is 31.9 Å². The molecule has 0 fully saturated rings. The number of allylic oxidation sites excluding steroid dienone is 1. The maximum absolute atomic E-state index is 4.11. The Labute approximate surface area is 92.6 Å². The molecule has 1 aromatic carbocycles. The van der Waals surface area contributed by atoms with Crippen LogP contribution in [0.3, 0.4) is 0 Å². The molecule has 80 valence electrons. The average molecular weight is 201 g/mol. The van der Waals surface area contributed by atoms with E-state index in [1.165, 1.54) is 11.1 Å². The van der Waals surface area contributed by atoms with Crippen LogP contribution in [-0.2, 0) is 0 Å². The summed E-state index contributed by atoms with van der Waals surface area (Å²) in [5.41, 5.74) is 3.55. The summed E-state index contributed by atoms with van der Waals surface area (Å²) >= 11 is 0. The lowest BCUT2D eigenvalue weighted by molar-refractivity contribution is 0.503. The molecule has 0 atom stereocenters. The lowest BCUT2D eigenvalue weighted by atomic mass is 9.90. The molecule has 1 heteroatoms. The van der Waals surface area contributed by atoms with Crippen molar-refractivity contribution < 1.29 is 0 Å². The van der Waals surface area contributed by atoms with Gasteiger partial charge in [0.1, 0.15) is 0 Å². The average Bonchev–Trinajstić information content (AvgIpc) is 2.14. The molecule has 0 aromatic heterocycles. The molecule has 0 unspecified atom stereocenters. The van der Waals surface area contributed by atoms with E-state index in [0.29, 0.717) is 0 Å². The molecule has 1 rings (SSSR count). The van der Waals surface area contributed by atoms with E-state index in [1.807, 2.05) is 12.1 Å². The highest BCUT2D eigenvalue weighted by Gasteiger charge is 2.15. The Hall–Kier alpha value is -1.37. The summed E-state index contributed by atoms with van der Waals surface area (Å²) < 4.78 is 0. The predicted octanol–water partition coefficient (Wildman–Crippen LogP) is 4.08. The normalized spacial score (nSPS) is 12.7. The first-order valence-corrected chi connectivity index (χ1v) is 5.19. The van der Waals surface area contributed by atoms with Crippen molar-refractivity contribution in [3.05, 3.63) is 41.1 Å². The van der Waals surface area contributed by atoms with Crippen LogP contribution < -0.4 is 0 Å². The van der Waals surface area contributed by atoms with E-state index in [1.54, 1.807) is 0 Å². The van der Waals surface area contributed by atoms with Crippen LogP contribution in [0.4, 0.5) is 0 Å². The molecule has 0 aliphatic carbocycles. The second kappa shape index (κ2) is 4.43. The van der Waals surface area contributed by atoms with E-state index >= 15 is 0 Å². The molecular weight excluding hydrogens is 182 g/mol. The van der Waals surface area contributed by atoms with E-state index in [-0.39, 0.29) is 5.41 Å². The second-order valence-corrected chi connectivity index (χ2v) is 4.79. The number of hydrogen-bond acceptors (Lipinski definition) is 1. The molecule has 0 spiro atoms. The third kappa shape index (κ3) is 3.05. The van der Waals surface area contributed by atoms with Gasteiger partial charge in [-0.1, -0.05) is 45.0 Å². The van der Waals surface area contributed by atoms with Crippen molar-refractivity contribution in [2.75, 3.05) is 0 Å². The Morgan fingerprint density at radius 3 is 2.33 bits per heavy atom. The fraction of sp³-hybridized carbons (Fsp3) is 0.357. The van der Waals surface area contributed by atoms with Crippen LogP contribution in [0.15, 0.2) is 35.0 Å². The Morgan fingerprint density at radius 2 is 1.87 bits per heavy atom. The van der Waals surface area contributed by atoms with Gasteiger partial charge in [-0.25, -0.2) is 0 Å². The fourth-order valence-electron chi connectivity index (χ4n) is 1.40. The monoisotopic (exact) mass is 201 g/mol. The van der Waals surface area contributed by atoms with E-state index in [2.05, 4.69) is 57.6 Å². The zero-order chi connectivity index (χ0) is 11.5. The third-order valence-corrected chi connectivity index (χ3v) is 2.42. The lowest BCUT2D eigenvalue weighted by Gasteiger charge is -2.19. The van der Waals surface area contributed by atoms with Gasteiger partial charge in [-0.3, -0.25) is 4.99 Å². The van der Waals surface area contributed by atoms with Crippen molar-refractivity contribution >= 4 is 12.8 Å². The van der Waals surface area contributed by atoms with E-state index < -0.39 is 0 Å². The molecule has 0 heterocycles. The van der Waals surface area contributed by atoms with Crippen LogP contribution in [0.2, 0.25) is 0 Å². The smallest absolute Gasteiger partial charge is 0.0455 e. The van der Waals surface area contributed by atoms with Gasteiger partial charge in [0.05, 0.1) is 0 Å². The number of hydrogen-bond donors (Lipinski definition) is 0. The number of benzene rings is 1. The van der Waals surface area contributed by atoms with Crippen molar-refractivity contribution in [1.82, 2.24) is 0 Å². The Bertz CT molecular complexity index is 381. The Balaban J connectivity index is 3.15. The maximum Gasteiger partial charge on any atom is 0.0455 e. The van der Waals surface area contributed by atoms with Crippen LogP contribution in [0.25, 0.3) is 6.08 Å². The summed E-state index contributed by atoms with van der Waals surface area (Å²) in [6.45, 7) is 12.2. The van der Waals surface area contributed by atoms with Gasteiger partial charge in [0, 0.05) is 11.1 Å². The van der Waals surface area contributed by atoms with Crippen molar-refractivity contribution in [3.63, 3.8) is 0 Å². The van der Waals surface area contributed by atoms with Crippen molar-refractivity contribution in [3.8, 4) is 0 Å². The summed E-state index contributed by atoms with van der Waals surface area (Å²) in [6, 6.07) is 8.30. The molecule has 0 N–H and O–H groups in total. The van der Waals surface area contributed by atoms with Gasteiger partial charge >= 0.3 is 0 Å². The number of rotatable bonds is 2. The minimum Gasteiger partial charge on any atom is -0.269 e. The summed E-state index contributed by atoms with van der Waals surface area (Å²) in [7, 11) is 0. The van der Waals surface area contributed by atoms with E-state index in [9.17, 15) is 0 Å². The van der Waals surface area contributed by atoms with Gasteiger partial charge in [-0.2, -0.15) is 0 Å². The predicted molar refractivity (Wildman–Crippen MR) is 68.2 cm³/mol. The second-order valence-electron chi connectivity index (χ2n) is 4.79. The Morgan fingerprint density at radius 1 is 1.27 bits per heavy atom. The molecule has 1 aromatic rings. The molecule has 0 radical (unpaired) electrons. The summed E-state index contributed by atoms with van der Waals surface area (Å²) in [5, 5.41) is 0. The molecule has 0 saturated carbocycles. The molecule has 0 saturated heterocycles. The molecular formula is C14H19N. The third-order valence-electron chi connectivity index (χ3n) is 2.42. The molecule has 1 nitrogen and oxygen atoms in total. The lowest BCUT2D eigenvalue weighted by Crippen LogP contribution is -2.07. The Kier molecular flexibility index (Phi) is 3.46. The van der Waals surface area contributed by atoms with Crippen molar-refractivity contribution in [2.45, 2.75) is 27.7 Å². The first-order valence-electron chi connectivity index (χ1n) is 5.19. The van der Waals surface area contributed by atoms with Gasteiger partial charge in [0.2, 0.25) is 0 Å². The van der Waals surface area contributed by atoms with E-state index in [0.717, 1.165) is 5.70 Å². The highest BCUT2D eigenvalue weighted by molar-refractivity contribution is 5.58. The SMILES string of the molecule is C=N/C(=C\c1ccccc1C)C(C)(C)C. The van der Waals surface area contributed by atoms with Gasteiger partial charge in [-0.05, 0) is 30.8 Å². The zero-order valence-corrected chi connectivity index (χ0v) is 10.0. The quantitative estimate of drug-likeness (QED) is 0.639. The summed E-state index contributed by atoms with van der Waals surface area (Å²) in [5.74, 6) is 0. The molecule has 0 amide bonds. The number of aliphatic imine (C=N–C) groups is 1. The number of aryl methyl sites for hydroxylation is 1. The number of nitrogens with zero attached hydrogens (tertiary/aromatic N) is 1. The summed E-state index contributed by atoms with van der Waals surface area (Å²) in [4.78, 5) is 4.11. The topological polar surface area (TPSA) is 12.4 Å². The van der Waals surface area contributed by atoms with Gasteiger partial charge in [-0.15, -0.1) is 0 Å². The van der Waals surface area contributed by atoms with Crippen LogP contribution >= 0.6 is 0 Å². The largest absolute Gasteiger partial charge is 0.269 e. The first kappa shape index (κ1) is 11.7. The van der Waals surface area contributed by atoms with Crippen LogP contribution in [0, 0.1) is 12.3 Å². The van der Waals surface area contributed by atoms with Crippen LogP contribution in [-0.4, -0.2) is 6.72 Å². The molecule has 15 heavy (non-hydrogen) atoms. The first-order chi connectivity index (χ1) is 6.95.